The lowest BCUT2D eigenvalue weighted by Gasteiger charge is -2.47. The third-order valence-corrected chi connectivity index (χ3v) is 7.26. The van der Waals surface area contributed by atoms with Crippen molar-refractivity contribution in [3.63, 3.8) is 0 Å². The van der Waals surface area contributed by atoms with E-state index in [4.69, 9.17) is 9.47 Å². The number of rotatable bonds is 4. The predicted molar refractivity (Wildman–Crippen MR) is 120 cm³/mol. The maximum absolute atomic E-state index is 11.8. The van der Waals surface area contributed by atoms with Crippen LogP contribution in [0.25, 0.3) is 0 Å². The maximum Gasteiger partial charge on any atom is 0.338 e. The van der Waals surface area contributed by atoms with E-state index in [2.05, 4.69) is 27.9 Å². The number of hydrogen-bond acceptors (Lipinski definition) is 7. The van der Waals surface area contributed by atoms with Crippen LogP contribution in [0.5, 0.6) is 0 Å². The molecule has 0 atom stereocenters. The van der Waals surface area contributed by atoms with E-state index >= 15 is 0 Å². The summed E-state index contributed by atoms with van der Waals surface area (Å²) in [6.45, 7) is 7.78. The molecule has 2 saturated heterocycles. The van der Waals surface area contributed by atoms with E-state index in [1.807, 2.05) is 12.1 Å². The van der Waals surface area contributed by atoms with E-state index in [0.29, 0.717) is 13.2 Å². The van der Waals surface area contributed by atoms with Crippen LogP contribution < -0.4 is 10.5 Å². The Morgan fingerprint density at radius 2 is 1.91 bits per heavy atom. The first kappa shape index (κ1) is 21.2. The van der Waals surface area contributed by atoms with Gasteiger partial charge in [-0.15, -0.1) is 0 Å². The molecule has 0 unspecified atom stereocenters. The van der Waals surface area contributed by atoms with Gasteiger partial charge in [-0.1, -0.05) is 6.07 Å². The van der Waals surface area contributed by atoms with Gasteiger partial charge in [-0.3, -0.25) is 4.79 Å². The van der Waals surface area contributed by atoms with E-state index in [0.717, 1.165) is 68.9 Å². The zero-order valence-corrected chi connectivity index (χ0v) is 18.8. The molecule has 3 aliphatic heterocycles. The van der Waals surface area contributed by atoms with Crippen molar-refractivity contribution in [3.8, 4) is 0 Å². The SMILES string of the molecule is Cc1c(CCN2CCC3(CC2)CN(c2ccc(=O)n(C)n2)CCO3)ccc2c1COC2=O. The molecule has 1 spiro atoms. The third-order valence-electron chi connectivity index (χ3n) is 7.26. The van der Waals surface area contributed by atoms with Crippen molar-refractivity contribution in [2.75, 3.05) is 44.2 Å². The number of piperidine rings is 1. The van der Waals surface area contributed by atoms with Crippen molar-refractivity contribution in [1.82, 2.24) is 14.7 Å². The number of hydrogen-bond donors (Lipinski definition) is 0. The fourth-order valence-corrected chi connectivity index (χ4v) is 5.13. The number of anilines is 1. The second kappa shape index (κ2) is 8.33. The number of carbonyl (C=O) groups is 1. The number of fused-ring (bicyclic) bond motifs is 1. The van der Waals surface area contributed by atoms with E-state index in [-0.39, 0.29) is 17.1 Å². The number of benzene rings is 1. The van der Waals surface area contributed by atoms with Crippen LogP contribution in [0.15, 0.2) is 29.1 Å². The topological polar surface area (TPSA) is 76.9 Å². The highest BCUT2D eigenvalue weighted by Gasteiger charge is 2.40. The van der Waals surface area contributed by atoms with Crippen molar-refractivity contribution in [2.24, 2.45) is 7.05 Å². The molecule has 8 nitrogen and oxygen atoms in total. The number of likely N-dealkylation sites (tertiary alicyclic amines) is 1. The zero-order valence-electron chi connectivity index (χ0n) is 18.8. The van der Waals surface area contributed by atoms with Gasteiger partial charge in [-0.25, -0.2) is 9.48 Å². The molecule has 0 N–H and O–H groups in total. The van der Waals surface area contributed by atoms with Crippen molar-refractivity contribution in [2.45, 2.75) is 38.4 Å². The summed E-state index contributed by atoms with van der Waals surface area (Å²) in [7, 11) is 1.69. The summed E-state index contributed by atoms with van der Waals surface area (Å²) in [6, 6.07) is 7.38. The minimum atomic E-state index is -0.203. The van der Waals surface area contributed by atoms with Crippen LogP contribution in [0.3, 0.4) is 0 Å². The quantitative estimate of drug-likeness (QED) is 0.672. The molecule has 1 aromatic heterocycles. The number of cyclic esters (lactones) is 1. The molecule has 0 radical (unpaired) electrons. The van der Waals surface area contributed by atoms with Crippen LogP contribution in [-0.4, -0.2) is 65.6 Å². The number of esters is 1. The Kier molecular flexibility index (Phi) is 5.51. The molecule has 5 rings (SSSR count). The Morgan fingerprint density at radius 3 is 2.69 bits per heavy atom. The van der Waals surface area contributed by atoms with Gasteiger partial charge in [-0.2, -0.15) is 5.10 Å². The summed E-state index contributed by atoms with van der Waals surface area (Å²) in [6.07, 6.45) is 2.94. The van der Waals surface area contributed by atoms with Crippen LogP contribution in [0, 0.1) is 6.92 Å². The van der Waals surface area contributed by atoms with Gasteiger partial charge < -0.3 is 19.3 Å². The minimum absolute atomic E-state index is 0.0947. The van der Waals surface area contributed by atoms with Crippen LogP contribution in [0.1, 0.15) is 39.9 Å². The molecule has 32 heavy (non-hydrogen) atoms. The fourth-order valence-electron chi connectivity index (χ4n) is 5.13. The fraction of sp³-hybridized carbons (Fsp3) is 0.542. The van der Waals surface area contributed by atoms with Crippen molar-refractivity contribution < 1.29 is 14.3 Å². The second-order valence-electron chi connectivity index (χ2n) is 9.15. The molecule has 0 aliphatic carbocycles. The first-order chi connectivity index (χ1) is 15.4. The summed E-state index contributed by atoms with van der Waals surface area (Å²) in [4.78, 5) is 28.2. The average molecular weight is 439 g/mol. The number of aromatic nitrogens is 2. The van der Waals surface area contributed by atoms with Gasteiger partial charge in [0.05, 0.1) is 17.8 Å². The van der Waals surface area contributed by atoms with E-state index < -0.39 is 0 Å². The Morgan fingerprint density at radius 1 is 1.09 bits per heavy atom. The first-order valence-electron chi connectivity index (χ1n) is 11.4. The van der Waals surface area contributed by atoms with Gasteiger partial charge >= 0.3 is 5.97 Å². The van der Waals surface area contributed by atoms with Gasteiger partial charge in [0.25, 0.3) is 5.56 Å². The molecule has 0 amide bonds. The predicted octanol–water partition coefficient (Wildman–Crippen LogP) is 1.67. The third kappa shape index (κ3) is 3.93. The maximum atomic E-state index is 11.8. The Bertz CT molecular complexity index is 1090. The highest BCUT2D eigenvalue weighted by molar-refractivity contribution is 5.93. The normalized spacial score (nSPS) is 20.4. The Labute approximate surface area is 187 Å². The molecule has 4 heterocycles. The highest BCUT2D eigenvalue weighted by atomic mass is 16.5. The minimum Gasteiger partial charge on any atom is -0.457 e. The van der Waals surface area contributed by atoms with Crippen molar-refractivity contribution >= 4 is 11.8 Å². The molecule has 8 heteroatoms. The van der Waals surface area contributed by atoms with E-state index in [9.17, 15) is 9.59 Å². The highest BCUT2D eigenvalue weighted by Crippen LogP contribution is 2.32. The smallest absolute Gasteiger partial charge is 0.338 e. The molecule has 2 aromatic rings. The number of carbonyl (C=O) groups excluding carboxylic acids is 1. The summed E-state index contributed by atoms with van der Waals surface area (Å²) in [5.74, 6) is 0.636. The van der Waals surface area contributed by atoms with Gasteiger partial charge in [0.1, 0.15) is 12.4 Å². The standard InChI is InChI=1S/C24H30N4O4/c1-17-18(3-4-19-20(17)15-31-23(19)30)7-10-27-11-8-24(9-12-27)16-28(13-14-32-24)21-5-6-22(29)26(2)25-21/h3-6H,7-16H2,1-2H3. The monoisotopic (exact) mass is 438 g/mol. The summed E-state index contributed by atoms with van der Waals surface area (Å²) in [5, 5.41) is 4.42. The van der Waals surface area contributed by atoms with Crippen molar-refractivity contribution in [1.29, 1.82) is 0 Å². The zero-order chi connectivity index (χ0) is 22.3. The second-order valence-corrected chi connectivity index (χ2v) is 9.15. The van der Waals surface area contributed by atoms with Gasteiger partial charge in [0.2, 0.25) is 0 Å². The number of aryl methyl sites for hydroxylation is 1. The lowest BCUT2D eigenvalue weighted by Crippen LogP contribution is -2.57. The average Bonchev–Trinajstić information content (AvgIpc) is 3.18. The molecular weight excluding hydrogens is 408 g/mol. The lowest BCUT2D eigenvalue weighted by molar-refractivity contribution is -0.0911. The Hall–Kier alpha value is -2.71. The lowest BCUT2D eigenvalue weighted by atomic mass is 9.89. The Balaban J connectivity index is 1.18. The van der Waals surface area contributed by atoms with Crippen LogP contribution >= 0.6 is 0 Å². The number of morpholine rings is 1. The summed E-state index contributed by atoms with van der Waals surface area (Å²) >= 11 is 0. The molecule has 2 fully saturated rings. The van der Waals surface area contributed by atoms with Gasteiger partial charge in [0, 0.05) is 51.4 Å². The number of ether oxygens (including phenoxy) is 2. The van der Waals surface area contributed by atoms with Gasteiger partial charge in [-0.05, 0) is 49.4 Å². The van der Waals surface area contributed by atoms with Crippen LogP contribution in [0.4, 0.5) is 5.82 Å². The largest absolute Gasteiger partial charge is 0.457 e. The van der Waals surface area contributed by atoms with Gasteiger partial charge in [0.15, 0.2) is 0 Å². The molecule has 1 aromatic carbocycles. The molecule has 0 saturated carbocycles. The molecule has 3 aliphatic rings. The number of nitrogens with zero attached hydrogens (tertiary/aromatic N) is 4. The van der Waals surface area contributed by atoms with Crippen LogP contribution in [0.2, 0.25) is 0 Å². The molecule has 170 valence electrons. The van der Waals surface area contributed by atoms with Crippen molar-refractivity contribution in [3.05, 3.63) is 56.9 Å². The summed E-state index contributed by atoms with van der Waals surface area (Å²) in [5.41, 5.74) is 4.02. The molecule has 0 bridgehead atoms. The molecular formula is C24H30N4O4. The summed E-state index contributed by atoms with van der Waals surface area (Å²) < 4.78 is 12.9. The first-order valence-corrected chi connectivity index (χ1v) is 11.4. The van der Waals surface area contributed by atoms with E-state index in [1.54, 1.807) is 13.1 Å². The van der Waals surface area contributed by atoms with E-state index in [1.165, 1.54) is 15.8 Å². The van der Waals surface area contributed by atoms with Crippen LogP contribution in [-0.2, 0) is 29.5 Å².